The van der Waals surface area contributed by atoms with Crippen molar-refractivity contribution in [2.75, 3.05) is 28.7 Å². The Kier molecular flexibility index (Phi) is 13.5. The van der Waals surface area contributed by atoms with Crippen LogP contribution in [-0.2, 0) is 35.0 Å². The molecule has 5 N–H and O–H groups in total. The standard InChI is InChI=1S/C51H52ClN5O11S2/c1-51(2)25-34(53-33-12-5-10-31(24-33)45-43(52)44(68-26-41(59)60)46(69-45)50(64)65)21-22-56(51)70(66,67)27-28-7-3-11-32(23-28)54-47(61)30-9-4-8-29(15-16-30)35-17-18-37-42-36(35)13-6-14-38(42)57(49(37)63)39-19-20-40(58)55-48(39)62/h3,5-7,10-14,17-18,23-24,29-30,34,39,53H,4,8-9,15-16,19-22,25-27H2,1-2H3,(H,54,61)(H,59,60)(H,64,65)(H,55,58,62)/t29-,30?,34-,39?/m0/s1. The van der Waals surface area contributed by atoms with Gasteiger partial charge in [-0.15, -0.1) is 11.3 Å². The Morgan fingerprint density at radius 3 is 2.44 bits per heavy atom. The molecule has 9 rings (SSSR count). The SMILES string of the molecule is CC1(C)C[C@@H](Nc2cccc(-c3sc(C(=O)O)c(OCC(=O)O)c3Cl)c2)CCN1S(=O)(=O)Cc1cccc(NC(=O)C2CCC[C@H](c3ccc4c5c(cccc35)N(C3CCC(=O)NC3=O)C4=O)CC2)c1. The fourth-order valence-corrected chi connectivity index (χ4v) is 14.1. The molecule has 5 aromatic rings. The van der Waals surface area contributed by atoms with Crippen LogP contribution in [0.5, 0.6) is 5.75 Å². The number of ether oxygens (including phenoxy) is 1. The molecule has 0 radical (unpaired) electrons. The Labute approximate surface area is 413 Å². The number of nitrogens with zero attached hydrogens (tertiary/aromatic N) is 2. The number of nitrogens with one attached hydrogen (secondary N) is 3. The molecule has 4 aromatic carbocycles. The number of sulfonamides is 1. The number of thiophene rings is 1. The van der Waals surface area contributed by atoms with Crippen molar-refractivity contribution in [2.24, 2.45) is 5.92 Å². The second-order valence-corrected chi connectivity index (χ2v) is 22.4. The van der Waals surface area contributed by atoms with Gasteiger partial charge in [-0.1, -0.05) is 60.5 Å². The molecule has 4 aliphatic rings. The van der Waals surface area contributed by atoms with Gasteiger partial charge in [-0.2, -0.15) is 4.31 Å². The predicted octanol–water partition coefficient (Wildman–Crippen LogP) is 8.64. The number of halogens is 1. The summed E-state index contributed by atoms with van der Waals surface area (Å²) in [5.41, 5.74) is 3.92. The van der Waals surface area contributed by atoms with Gasteiger partial charge < -0.3 is 25.6 Å². The lowest BCUT2D eigenvalue weighted by Crippen LogP contribution is -2.55. The first-order valence-corrected chi connectivity index (χ1v) is 26.1. The van der Waals surface area contributed by atoms with Crippen molar-refractivity contribution in [1.29, 1.82) is 0 Å². The van der Waals surface area contributed by atoms with E-state index in [1.165, 1.54) is 4.90 Å². The van der Waals surface area contributed by atoms with Gasteiger partial charge in [-0.3, -0.25) is 29.4 Å². The van der Waals surface area contributed by atoms with Crippen LogP contribution in [0.3, 0.4) is 0 Å². The second-order valence-electron chi connectivity index (χ2n) is 19.1. The lowest BCUT2D eigenvalue weighted by molar-refractivity contribution is -0.139. The number of carbonyl (C=O) groups is 6. The van der Waals surface area contributed by atoms with E-state index in [0.29, 0.717) is 64.3 Å². The van der Waals surface area contributed by atoms with E-state index in [-0.39, 0.29) is 76.4 Å². The van der Waals surface area contributed by atoms with Gasteiger partial charge in [0, 0.05) is 52.8 Å². The first kappa shape index (κ1) is 48.7. The highest BCUT2D eigenvalue weighted by Gasteiger charge is 2.43. The number of carbonyl (C=O) groups excluding carboxylic acids is 4. The Morgan fingerprint density at radius 1 is 0.914 bits per heavy atom. The van der Waals surface area contributed by atoms with Crippen LogP contribution in [0.15, 0.2) is 78.9 Å². The number of imide groups is 1. The lowest BCUT2D eigenvalue weighted by Gasteiger charge is -2.45. The van der Waals surface area contributed by atoms with E-state index in [4.69, 9.17) is 21.4 Å². The van der Waals surface area contributed by atoms with E-state index < -0.39 is 46.1 Å². The number of rotatable bonds is 14. The third kappa shape index (κ3) is 9.74. The number of amides is 4. The molecule has 4 heterocycles. The molecule has 3 aliphatic heterocycles. The lowest BCUT2D eigenvalue weighted by atomic mass is 9.86. The van der Waals surface area contributed by atoms with Gasteiger partial charge in [0.1, 0.15) is 11.1 Å². The van der Waals surface area contributed by atoms with Crippen LogP contribution in [0, 0.1) is 5.92 Å². The maximum absolute atomic E-state index is 14.1. The largest absolute Gasteiger partial charge is 0.479 e. The fourth-order valence-electron chi connectivity index (χ4n) is 10.8. The molecule has 4 atom stereocenters. The predicted molar refractivity (Wildman–Crippen MR) is 266 cm³/mol. The van der Waals surface area contributed by atoms with Crippen molar-refractivity contribution in [2.45, 2.75) is 101 Å². The highest BCUT2D eigenvalue weighted by atomic mass is 35.5. The van der Waals surface area contributed by atoms with Gasteiger partial charge in [0.25, 0.3) is 5.91 Å². The quantitative estimate of drug-likeness (QED) is 0.0520. The summed E-state index contributed by atoms with van der Waals surface area (Å²) in [5, 5.41) is 29.5. The van der Waals surface area contributed by atoms with E-state index in [1.54, 1.807) is 46.8 Å². The number of benzene rings is 4. The molecule has 1 saturated carbocycles. The molecular formula is C51H52ClN5O11S2. The van der Waals surface area contributed by atoms with Gasteiger partial charge in [-0.25, -0.2) is 18.0 Å². The molecule has 2 saturated heterocycles. The Morgan fingerprint density at radius 2 is 1.69 bits per heavy atom. The number of carboxylic acid groups (broad SMARTS) is 2. The maximum Gasteiger partial charge on any atom is 0.349 e. The van der Waals surface area contributed by atoms with Crippen molar-refractivity contribution < 1.29 is 52.1 Å². The number of hydrogen-bond donors (Lipinski definition) is 5. The van der Waals surface area contributed by atoms with Gasteiger partial charge in [0.2, 0.25) is 27.7 Å². The minimum atomic E-state index is -3.81. The van der Waals surface area contributed by atoms with Gasteiger partial charge in [0.15, 0.2) is 17.2 Å². The molecule has 0 spiro atoms. The molecule has 4 amide bonds. The molecule has 0 bridgehead atoms. The highest BCUT2D eigenvalue weighted by molar-refractivity contribution is 7.88. The third-order valence-electron chi connectivity index (χ3n) is 13.9. The highest BCUT2D eigenvalue weighted by Crippen LogP contribution is 2.47. The Bertz CT molecular complexity index is 3080. The number of anilines is 3. The molecular weight excluding hydrogens is 958 g/mol. The van der Waals surface area contributed by atoms with Gasteiger partial charge >= 0.3 is 11.9 Å². The molecule has 1 aromatic heterocycles. The molecule has 366 valence electrons. The van der Waals surface area contributed by atoms with E-state index in [2.05, 4.69) is 16.0 Å². The van der Waals surface area contributed by atoms with Crippen molar-refractivity contribution in [1.82, 2.24) is 9.62 Å². The van der Waals surface area contributed by atoms with Crippen LogP contribution < -0.4 is 25.6 Å². The minimum Gasteiger partial charge on any atom is -0.479 e. The first-order valence-electron chi connectivity index (χ1n) is 23.3. The Hall–Kier alpha value is -6.34. The monoisotopic (exact) mass is 1010 g/mol. The summed E-state index contributed by atoms with van der Waals surface area (Å²) in [7, 11) is -3.81. The molecule has 3 fully saturated rings. The smallest absolute Gasteiger partial charge is 0.349 e. The zero-order valence-corrected chi connectivity index (χ0v) is 40.8. The summed E-state index contributed by atoms with van der Waals surface area (Å²) < 4.78 is 35.0. The van der Waals surface area contributed by atoms with Crippen LogP contribution in [0.1, 0.15) is 109 Å². The summed E-state index contributed by atoms with van der Waals surface area (Å²) >= 11 is 7.42. The van der Waals surface area contributed by atoms with E-state index in [9.17, 15) is 42.3 Å². The van der Waals surface area contributed by atoms with Crippen molar-refractivity contribution in [3.05, 3.63) is 105 Å². The number of carboxylic acids is 2. The summed E-state index contributed by atoms with van der Waals surface area (Å²) in [5.74, 6) is -4.33. The van der Waals surface area contributed by atoms with Crippen LogP contribution >= 0.6 is 22.9 Å². The topological polar surface area (TPSA) is 229 Å². The number of aliphatic carboxylic acids is 1. The van der Waals surface area contributed by atoms with E-state index in [0.717, 1.165) is 46.9 Å². The number of hydrogen-bond acceptors (Lipinski definition) is 11. The first-order chi connectivity index (χ1) is 33.4. The third-order valence-corrected chi connectivity index (χ3v) is 17.6. The van der Waals surface area contributed by atoms with Gasteiger partial charge in [0.05, 0.1) is 16.3 Å². The van der Waals surface area contributed by atoms with Gasteiger partial charge in [-0.05, 0) is 123 Å². The molecule has 2 unspecified atom stereocenters. The molecule has 1 aliphatic carbocycles. The number of piperidine rings is 2. The average molecular weight is 1010 g/mol. The summed E-state index contributed by atoms with van der Waals surface area (Å²) in [4.78, 5) is 77.0. The van der Waals surface area contributed by atoms with Crippen molar-refractivity contribution in [3.8, 4) is 16.2 Å². The van der Waals surface area contributed by atoms with Crippen LogP contribution in [0.25, 0.3) is 21.2 Å². The van der Waals surface area contributed by atoms with Crippen LogP contribution in [-0.4, -0.2) is 89.3 Å². The van der Waals surface area contributed by atoms with E-state index >= 15 is 0 Å². The summed E-state index contributed by atoms with van der Waals surface area (Å²) in [6.07, 6.45) is 5.16. The van der Waals surface area contributed by atoms with E-state index in [1.807, 2.05) is 50.2 Å². The fraction of sp³-hybridized carbons (Fsp3) is 0.373. The minimum absolute atomic E-state index is 0.000967. The zero-order valence-electron chi connectivity index (χ0n) is 38.5. The molecule has 16 nitrogen and oxygen atoms in total. The summed E-state index contributed by atoms with van der Waals surface area (Å²) in [6, 6.07) is 22.9. The number of aromatic carboxylic acids is 1. The van der Waals surface area contributed by atoms with Crippen molar-refractivity contribution >= 4 is 96.4 Å². The van der Waals surface area contributed by atoms with Crippen LogP contribution in [0.4, 0.5) is 17.1 Å². The normalized spacial score (nSPS) is 21.5. The second kappa shape index (κ2) is 19.5. The average Bonchev–Trinajstić information content (AvgIpc) is 3.65. The summed E-state index contributed by atoms with van der Waals surface area (Å²) in [6.45, 7) is 3.29. The van der Waals surface area contributed by atoms with Crippen LogP contribution in [0.2, 0.25) is 5.02 Å². The Balaban J connectivity index is 0.813. The molecule has 70 heavy (non-hydrogen) atoms. The maximum atomic E-state index is 14.1. The zero-order chi connectivity index (χ0) is 49.6. The van der Waals surface area contributed by atoms with Crippen molar-refractivity contribution in [3.63, 3.8) is 0 Å². The molecule has 19 heteroatoms.